The minimum atomic E-state index is -4.37. The third-order valence-corrected chi connectivity index (χ3v) is 4.21. The van der Waals surface area contributed by atoms with E-state index in [2.05, 4.69) is 20.4 Å². The minimum absolute atomic E-state index is 0.356. The van der Waals surface area contributed by atoms with Gasteiger partial charge >= 0.3 is 6.18 Å². The van der Waals surface area contributed by atoms with Gasteiger partial charge in [0.2, 0.25) is 5.95 Å². The minimum Gasteiger partial charge on any atom is -0.486 e. The molecule has 0 fully saturated rings. The molecule has 0 spiro atoms. The predicted molar refractivity (Wildman–Crippen MR) is 90.6 cm³/mol. The molecule has 0 aliphatic carbocycles. The summed E-state index contributed by atoms with van der Waals surface area (Å²) in [5, 5.41) is 5.97. The van der Waals surface area contributed by atoms with Crippen LogP contribution in [0.2, 0.25) is 0 Å². The Morgan fingerprint density at radius 3 is 2.41 bits per heavy atom. The molecule has 0 unspecified atom stereocenters. The monoisotopic (exact) mass is 375 g/mol. The highest BCUT2D eigenvalue weighted by atomic mass is 19.4. The van der Waals surface area contributed by atoms with Crippen LogP contribution in [0.3, 0.4) is 0 Å². The lowest BCUT2D eigenvalue weighted by Crippen LogP contribution is -2.15. The molecule has 2 aromatic heterocycles. The summed E-state index contributed by atoms with van der Waals surface area (Å²) < 4.78 is 50.7. The van der Waals surface area contributed by atoms with Crippen molar-refractivity contribution >= 4 is 28.4 Å². The van der Waals surface area contributed by atoms with Gasteiger partial charge < -0.3 is 14.8 Å². The lowest BCUT2D eigenvalue weighted by atomic mass is 10.2. The number of nitrogens with zero attached hydrogens (tertiary/aromatic N) is 3. The summed E-state index contributed by atoms with van der Waals surface area (Å²) in [5.74, 6) is 2.04. The van der Waals surface area contributed by atoms with E-state index in [0.717, 1.165) is 17.6 Å². The SMILES string of the molecule is FC(F)(F)c1ccc(Nc2nc3nc4cc5c(cc4n3[nH]2)OCCO5)cc1. The number of aromatic amines is 1. The second-order valence-electron chi connectivity index (χ2n) is 6.00. The van der Waals surface area contributed by atoms with Gasteiger partial charge in [-0.3, -0.25) is 5.10 Å². The van der Waals surface area contributed by atoms with Gasteiger partial charge in [0.05, 0.1) is 16.6 Å². The first kappa shape index (κ1) is 15.8. The third kappa shape index (κ3) is 2.69. The highest BCUT2D eigenvalue weighted by Crippen LogP contribution is 2.35. The van der Waals surface area contributed by atoms with Crippen LogP contribution in [0.25, 0.3) is 16.8 Å². The smallest absolute Gasteiger partial charge is 0.416 e. The van der Waals surface area contributed by atoms with E-state index in [0.29, 0.717) is 47.6 Å². The molecule has 0 amide bonds. The van der Waals surface area contributed by atoms with Crippen molar-refractivity contribution in [1.82, 2.24) is 19.6 Å². The van der Waals surface area contributed by atoms with Crippen LogP contribution in [0.4, 0.5) is 24.8 Å². The van der Waals surface area contributed by atoms with Crippen molar-refractivity contribution in [3.8, 4) is 11.5 Å². The normalized spacial score (nSPS) is 14.0. The van der Waals surface area contributed by atoms with Gasteiger partial charge in [0, 0.05) is 17.8 Å². The number of aromatic nitrogens is 4. The molecule has 2 aromatic carbocycles. The van der Waals surface area contributed by atoms with Crippen molar-refractivity contribution in [3.63, 3.8) is 0 Å². The van der Waals surface area contributed by atoms with Crippen molar-refractivity contribution in [2.24, 2.45) is 0 Å². The average molecular weight is 375 g/mol. The maximum absolute atomic E-state index is 12.6. The summed E-state index contributed by atoms with van der Waals surface area (Å²) in [6, 6.07) is 8.30. The summed E-state index contributed by atoms with van der Waals surface area (Å²) in [7, 11) is 0. The number of nitrogens with one attached hydrogen (secondary N) is 2. The maximum Gasteiger partial charge on any atom is 0.416 e. The van der Waals surface area contributed by atoms with Crippen LogP contribution in [0, 0.1) is 0 Å². The Hall–Kier alpha value is -3.43. The van der Waals surface area contributed by atoms with Crippen LogP contribution < -0.4 is 14.8 Å². The zero-order chi connectivity index (χ0) is 18.6. The lowest BCUT2D eigenvalue weighted by Gasteiger charge is -2.17. The molecule has 3 heterocycles. The van der Waals surface area contributed by atoms with Gasteiger partial charge in [0.25, 0.3) is 5.78 Å². The molecule has 0 radical (unpaired) electrons. The van der Waals surface area contributed by atoms with E-state index in [-0.39, 0.29) is 0 Å². The van der Waals surface area contributed by atoms with Crippen LogP contribution in [-0.4, -0.2) is 32.8 Å². The van der Waals surface area contributed by atoms with Gasteiger partial charge in [-0.05, 0) is 24.3 Å². The molecule has 1 aliphatic heterocycles. The van der Waals surface area contributed by atoms with Gasteiger partial charge in [-0.15, -0.1) is 0 Å². The number of fused-ring (bicyclic) bond motifs is 4. The second kappa shape index (κ2) is 5.53. The van der Waals surface area contributed by atoms with Gasteiger partial charge in [-0.2, -0.15) is 18.2 Å². The first-order chi connectivity index (χ1) is 13.0. The summed E-state index contributed by atoms with van der Waals surface area (Å²) in [5.41, 5.74) is 1.21. The molecule has 7 nitrogen and oxygen atoms in total. The summed E-state index contributed by atoms with van der Waals surface area (Å²) in [6.07, 6.45) is -4.37. The number of ether oxygens (including phenoxy) is 2. The van der Waals surface area contributed by atoms with E-state index in [1.165, 1.54) is 12.1 Å². The Kier molecular flexibility index (Phi) is 3.24. The molecule has 0 saturated heterocycles. The van der Waals surface area contributed by atoms with Crippen LogP contribution in [0.5, 0.6) is 11.5 Å². The van der Waals surface area contributed by atoms with E-state index >= 15 is 0 Å². The van der Waals surface area contributed by atoms with E-state index < -0.39 is 11.7 Å². The predicted octanol–water partition coefficient (Wildman–Crippen LogP) is 3.74. The Bertz CT molecular complexity index is 1150. The molecule has 10 heteroatoms. The summed E-state index contributed by atoms with van der Waals surface area (Å²) in [6.45, 7) is 0.966. The molecule has 2 N–H and O–H groups in total. The molecule has 27 heavy (non-hydrogen) atoms. The Labute approximate surface area is 149 Å². The molecule has 0 saturated carbocycles. The Balaban J connectivity index is 1.48. The highest BCUT2D eigenvalue weighted by molar-refractivity contribution is 5.83. The van der Waals surface area contributed by atoms with Gasteiger partial charge in [-0.25, -0.2) is 9.50 Å². The van der Waals surface area contributed by atoms with Crippen LogP contribution >= 0.6 is 0 Å². The van der Waals surface area contributed by atoms with Crippen molar-refractivity contribution in [2.75, 3.05) is 18.5 Å². The van der Waals surface area contributed by atoms with E-state index in [9.17, 15) is 13.2 Å². The number of hydrogen-bond donors (Lipinski definition) is 2. The zero-order valence-corrected chi connectivity index (χ0v) is 13.7. The fourth-order valence-electron chi connectivity index (χ4n) is 2.95. The van der Waals surface area contributed by atoms with E-state index in [1.807, 2.05) is 6.07 Å². The lowest BCUT2D eigenvalue weighted by molar-refractivity contribution is -0.137. The van der Waals surface area contributed by atoms with Crippen LogP contribution in [0.15, 0.2) is 36.4 Å². The molecule has 138 valence electrons. The molecule has 5 rings (SSSR count). The summed E-state index contributed by atoms with van der Waals surface area (Å²) >= 11 is 0. The van der Waals surface area contributed by atoms with E-state index in [4.69, 9.17) is 9.47 Å². The Morgan fingerprint density at radius 2 is 1.70 bits per heavy atom. The quantitative estimate of drug-likeness (QED) is 0.558. The van der Waals surface area contributed by atoms with Crippen LogP contribution in [0.1, 0.15) is 5.56 Å². The topological polar surface area (TPSA) is 76.5 Å². The molecule has 0 atom stereocenters. The molecule has 0 bridgehead atoms. The Morgan fingerprint density at radius 1 is 1.00 bits per heavy atom. The van der Waals surface area contributed by atoms with Crippen molar-refractivity contribution in [2.45, 2.75) is 6.18 Å². The van der Waals surface area contributed by atoms with Gasteiger partial charge in [0.1, 0.15) is 13.2 Å². The second-order valence-corrected chi connectivity index (χ2v) is 6.00. The molecule has 1 aliphatic rings. The van der Waals surface area contributed by atoms with E-state index in [1.54, 1.807) is 10.6 Å². The average Bonchev–Trinajstić information content (AvgIpc) is 3.16. The maximum atomic E-state index is 12.6. The summed E-state index contributed by atoms with van der Waals surface area (Å²) in [4.78, 5) is 8.75. The molecular formula is C17H12F3N5O2. The number of benzene rings is 2. The first-order valence-electron chi connectivity index (χ1n) is 8.09. The van der Waals surface area contributed by atoms with Gasteiger partial charge in [-0.1, -0.05) is 0 Å². The molecule has 4 aromatic rings. The number of alkyl halides is 3. The molecular weight excluding hydrogens is 363 g/mol. The highest BCUT2D eigenvalue weighted by Gasteiger charge is 2.30. The fourth-order valence-corrected chi connectivity index (χ4v) is 2.95. The van der Waals surface area contributed by atoms with Crippen LogP contribution in [-0.2, 0) is 6.18 Å². The van der Waals surface area contributed by atoms with Crippen molar-refractivity contribution in [3.05, 3.63) is 42.0 Å². The first-order valence-corrected chi connectivity index (χ1v) is 8.09. The number of halogens is 3. The number of imidazole rings is 1. The fraction of sp³-hybridized carbons (Fsp3) is 0.176. The number of rotatable bonds is 2. The number of anilines is 2. The number of H-pyrrole nitrogens is 1. The zero-order valence-electron chi connectivity index (χ0n) is 13.7. The third-order valence-electron chi connectivity index (χ3n) is 4.21. The largest absolute Gasteiger partial charge is 0.486 e. The van der Waals surface area contributed by atoms with Gasteiger partial charge in [0.15, 0.2) is 11.5 Å². The van der Waals surface area contributed by atoms with Crippen molar-refractivity contribution < 1.29 is 22.6 Å². The van der Waals surface area contributed by atoms with Crippen molar-refractivity contribution in [1.29, 1.82) is 0 Å². The number of hydrogen-bond acceptors (Lipinski definition) is 5. The standard InChI is InChI=1S/C17H12F3N5O2/c18-17(19,20)9-1-3-10(4-2-9)21-15-23-16-22-11-7-13-14(27-6-5-26-13)8-12(11)25(16)24-15/h1-4,7-8H,5-6H2,(H2,21,22,23,24).